The Balaban J connectivity index is 0.00000112. The van der Waals surface area contributed by atoms with Crippen molar-refractivity contribution in [1.29, 1.82) is 0 Å². The van der Waals surface area contributed by atoms with Crippen LogP contribution >= 0.6 is 28.3 Å². The average molecular weight is 293 g/mol. The first kappa shape index (κ1) is 12.8. The molecule has 3 N–H and O–H groups in total. The molecule has 2 rings (SSSR count). The highest BCUT2D eigenvalue weighted by Gasteiger charge is 2.24. The smallest absolute Gasteiger partial charge is 0.129 e. The van der Waals surface area contributed by atoms with Gasteiger partial charge in [0.15, 0.2) is 0 Å². The predicted octanol–water partition coefficient (Wildman–Crippen LogP) is 3.38. The molecule has 1 aromatic rings. The Morgan fingerprint density at radius 2 is 2.13 bits per heavy atom. The maximum absolute atomic E-state index is 9.33. The molecule has 0 aliphatic heterocycles. The summed E-state index contributed by atoms with van der Waals surface area (Å²) in [6.45, 7) is 0. The van der Waals surface area contributed by atoms with Crippen LogP contribution < -0.4 is 5.73 Å². The normalized spacial score (nSPS) is 16.9. The summed E-state index contributed by atoms with van der Waals surface area (Å²) in [6, 6.07) is 5.60. The molecule has 1 aliphatic carbocycles. The molecule has 0 spiro atoms. The summed E-state index contributed by atoms with van der Waals surface area (Å²) in [5.74, 6) is 1.10. The minimum Gasteiger partial charge on any atom is -0.507 e. The van der Waals surface area contributed by atoms with Gasteiger partial charge in [0.25, 0.3) is 0 Å². The molecule has 1 fully saturated rings. The van der Waals surface area contributed by atoms with Crippen molar-refractivity contribution in [2.75, 3.05) is 0 Å². The molecule has 1 aromatic carbocycles. The van der Waals surface area contributed by atoms with Crippen LogP contribution in [0.3, 0.4) is 0 Å². The van der Waals surface area contributed by atoms with E-state index in [1.54, 1.807) is 6.07 Å². The number of benzene rings is 1. The maximum atomic E-state index is 9.33. The van der Waals surface area contributed by atoms with Gasteiger partial charge in [-0.2, -0.15) is 0 Å². The fourth-order valence-corrected chi connectivity index (χ4v) is 2.00. The summed E-state index contributed by atoms with van der Waals surface area (Å²) < 4.78 is 0.723. The van der Waals surface area contributed by atoms with Crippen LogP contribution in [0.2, 0.25) is 0 Å². The largest absolute Gasteiger partial charge is 0.507 e. The van der Waals surface area contributed by atoms with Crippen LogP contribution in [0.25, 0.3) is 0 Å². The summed E-state index contributed by atoms with van der Waals surface area (Å²) in [5, 5.41) is 9.33. The fourth-order valence-electron chi connectivity index (χ4n) is 1.60. The van der Waals surface area contributed by atoms with E-state index in [4.69, 9.17) is 5.73 Å². The number of hydrogen-bond donors (Lipinski definition) is 2. The average Bonchev–Trinajstić information content (AvgIpc) is 2.93. The molecule has 1 aliphatic rings. The van der Waals surface area contributed by atoms with Gasteiger partial charge in [-0.25, -0.2) is 0 Å². The van der Waals surface area contributed by atoms with E-state index in [1.807, 2.05) is 12.1 Å². The topological polar surface area (TPSA) is 46.2 Å². The van der Waals surface area contributed by atoms with E-state index in [0.29, 0.717) is 0 Å². The van der Waals surface area contributed by atoms with Gasteiger partial charge in [-0.05, 0) is 46.0 Å². The van der Waals surface area contributed by atoms with Crippen LogP contribution in [-0.2, 0) is 0 Å². The predicted molar refractivity (Wildman–Crippen MR) is 67.3 cm³/mol. The molecule has 1 atom stereocenters. The van der Waals surface area contributed by atoms with Crippen LogP contribution in [0.15, 0.2) is 22.7 Å². The molecule has 0 unspecified atom stereocenters. The Morgan fingerprint density at radius 1 is 1.47 bits per heavy atom. The number of aromatic hydroxyl groups is 1. The SMILES string of the molecule is Cl.N[C@H](CC1CC1)c1ccc(O)c(Br)c1. The van der Waals surface area contributed by atoms with E-state index in [-0.39, 0.29) is 24.2 Å². The fraction of sp³-hybridized carbons (Fsp3) is 0.455. The zero-order valence-corrected chi connectivity index (χ0v) is 10.7. The van der Waals surface area contributed by atoms with Crippen LogP contribution in [0.5, 0.6) is 5.75 Å². The Labute approximate surface area is 104 Å². The number of halogens is 2. The molecule has 0 aromatic heterocycles. The van der Waals surface area contributed by atoms with Crippen LogP contribution in [0.4, 0.5) is 0 Å². The van der Waals surface area contributed by atoms with Crippen LogP contribution in [0.1, 0.15) is 30.9 Å². The van der Waals surface area contributed by atoms with Crippen molar-refractivity contribution < 1.29 is 5.11 Å². The summed E-state index contributed by atoms with van der Waals surface area (Å²) in [4.78, 5) is 0. The Bertz CT molecular complexity index is 341. The molecule has 4 heteroatoms. The second-order valence-electron chi connectivity index (χ2n) is 4.00. The molecule has 15 heavy (non-hydrogen) atoms. The van der Waals surface area contributed by atoms with Gasteiger partial charge in [0, 0.05) is 6.04 Å². The lowest BCUT2D eigenvalue weighted by atomic mass is 10.0. The molecular weight excluding hydrogens is 277 g/mol. The molecular formula is C11H15BrClNO. The van der Waals surface area contributed by atoms with E-state index >= 15 is 0 Å². The van der Waals surface area contributed by atoms with Crippen molar-refractivity contribution in [3.05, 3.63) is 28.2 Å². The second-order valence-corrected chi connectivity index (χ2v) is 4.85. The van der Waals surface area contributed by atoms with Gasteiger partial charge in [0.1, 0.15) is 5.75 Å². The van der Waals surface area contributed by atoms with Crippen molar-refractivity contribution in [1.82, 2.24) is 0 Å². The second kappa shape index (κ2) is 5.19. The summed E-state index contributed by atoms with van der Waals surface area (Å²) >= 11 is 3.29. The first-order valence-electron chi connectivity index (χ1n) is 4.91. The van der Waals surface area contributed by atoms with E-state index in [2.05, 4.69) is 15.9 Å². The molecule has 0 saturated heterocycles. The van der Waals surface area contributed by atoms with Crippen molar-refractivity contribution in [2.45, 2.75) is 25.3 Å². The highest BCUT2D eigenvalue weighted by Crippen LogP contribution is 2.37. The van der Waals surface area contributed by atoms with Gasteiger partial charge in [0.2, 0.25) is 0 Å². The van der Waals surface area contributed by atoms with E-state index in [9.17, 15) is 5.11 Å². The van der Waals surface area contributed by atoms with E-state index < -0.39 is 0 Å². The van der Waals surface area contributed by atoms with Gasteiger partial charge in [-0.3, -0.25) is 0 Å². The first-order chi connectivity index (χ1) is 6.66. The van der Waals surface area contributed by atoms with Crippen molar-refractivity contribution in [3.8, 4) is 5.75 Å². The van der Waals surface area contributed by atoms with Crippen molar-refractivity contribution >= 4 is 28.3 Å². The van der Waals surface area contributed by atoms with Crippen LogP contribution in [0, 0.1) is 5.92 Å². The van der Waals surface area contributed by atoms with Crippen LogP contribution in [-0.4, -0.2) is 5.11 Å². The summed E-state index contributed by atoms with van der Waals surface area (Å²) in [5.41, 5.74) is 7.15. The molecule has 1 saturated carbocycles. The minimum atomic E-state index is 0. The zero-order chi connectivity index (χ0) is 10.1. The number of hydrogen-bond acceptors (Lipinski definition) is 2. The molecule has 0 amide bonds. The molecule has 0 radical (unpaired) electrons. The van der Waals surface area contributed by atoms with Gasteiger partial charge in [-0.15, -0.1) is 12.4 Å². The standard InChI is InChI=1S/C11H14BrNO.ClH/c12-9-6-8(3-4-11(9)14)10(13)5-7-1-2-7;/h3-4,6-7,10,14H,1-2,5,13H2;1H/t10-;/m1./s1. The third-order valence-electron chi connectivity index (χ3n) is 2.68. The minimum absolute atomic E-state index is 0. The lowest BCUT2D eigenvalue weighted by molar-refractivity contribution is 0.471. The Morgan fingerprint density at radius 3 is 2.67 bits per heavy atom. The first-order valence-corrected chi connectivity index (χ1v) is 5.70. The van der Waals surface area contributed by atoms with Gasteiger partial charge in [0.05, 0.1) is 4.47 Å². The molecule has 84 valence electrons. The Hall–Kier alpha value is -0.250. The maximum Gasteiger partial charge on any atom is 0.129 e. The quantitative estimate of drug-likeness (QED) is 0.897. The highest BCUT2D eigenvalue weighted by molar-refractivity contribution is 9.10. The monoisotopic (exact) mass is 291 g/mol. The summed E-state index contributed by atoms with van der Waals surface area (Å²) in [7, 11) is 0. The third kappa shape index (κ3) is 3.37. The van der Waals surface area contributed by atoms with Gasteiger partial charge in [-0.1, -0.05) is 18.9 Å². The number of phenols is 1. The lowest BCUT2D eigenvalue weighted by Gasteiger charge is -2.11. The lowest BCUT2D eigenvalue weighted by Crippen LogP contribution is -2.10. The Kier molecular flexibility index (Phi) is 4.44. The zero-order valence-electron chi connectivity index (χ0n) is 8.32. The number of nitrogens with two attached hydrogens (primary N) is 1. The number of rotatable bonds is 3. The van der Waals surface area contributed by atoms with Gasteiger partial charge < -0.3 is 10.8 Å². The molecule has 2 nitrogen and oxygen atoms in total. The highest BCUT2D eigenvalue weighted by atomic mass is 79.9. The molecule has 0 heterocycles. The number of phenolic OH excluding ortho intramolecular Hbond substituents is 1. The van der Waals surface area contributed by atoms with Gasteiger partial charge >= 0.3 is 0 Å². The summed E-state index contributed by atoms with van der Waals surface area (Å²) in [6.07, 6.45) is 3.72. The van der Waals surface area contributed by atoms with E-state index in [0.717, 1.165) is 22.4 Å². The van der Waals surface area contributed by atoms with Crippen molar-refractivity contribution in [3.63, 3.8) is 0 Å². The molecule has 0 bridgehead atoms. The van der Waals surface area contributed by atoms with Crippen molar-refractivity contribution in [2.24, 2.45) is 11.7 Å². The van der Waals surface area contributed by atoms with E-state index in [1.165, 1.54) is 12.8 Å². The third-order valence-corrected chi connectivity index (χ3v) is 3.32.